The molecule has 0 spiro atoms. The standard InChI is InChI=1S/C17H15N5O/c18-8-11-2-1-3-14(6-11)22-9-13-5-4-12(17(19)20)7-15(13)21-16(23)10-22/h1-7H,9-10H2,(H3,19,20)(H,21,23). The number of anilines is 2. The molecule has 6 heteroatoms. The van der Waals surface area contributed by atoms with Crippen LogP contribution in [0, 0.1) is 16.7 Å². The van der Waals surface area contributed by atoms with Gasteiger partial charge in [-0.15, -0.1) is 0 Å². The van der Waals surface area contributed by atoms with E-state index in [-0.39, 0.29) is 18.3 Å². The van der Waals surface area contributed by atoms with E-state index in [0.29, 0.717) is 23.4 Å². The first-order chi connectivity index (χ1) is 11.1. The first-order valence-corrected chi connectivity index (χ1v) is 7.09. The lowest BCUT2D eigenvalue weighted by Crippen LogP contribution is -2.29. The third-order valence-corrected chi connectivity index (χ3v) is 3.73. The van der Waals surface area contributed by atoms with Crippen LogP contribution in [0.15, 0.2) is 42.5 Å². The Morgan fingerprint density at radius 1 is 1.26 bits per heavy atom. The zero-order valence-electron chi connectivity index (χ0n) is 12.3. The third kappa shape index (κ3) is 2.99. The second-order valence-corrected chi connectivity index (χ2v) is 5.35. The number of nitrogens with one attached hydrogen (secondary N) is 2. The molecule has 4 N–H and O–H groups in total. The fourth-order valence-corrected chi connectivity index (χ4v) is 2.58. The van der Waals surface area contributed by atoms with Crippen molar-refractivity contribution in [3.63, 3.8) is 0 Å². The molecule has 0 atom stereocenters. The molecule has 0 bridgehead atoms. The molecule has 0 aliphatic carbocycles. The summed E-state index contributed by atoms with van der Waals surface area (Å²) in [7, 11) is 0. The smallest absolute Gasteiger partial charge is 0.243 e. The summed E-state index contributed by atoms with van der Waals surface area (Å²) in [6, 6.07) is 14.6. The van der Waals surface area contributed by atoms with E-state index in [4.69, 9.17) is 16.4 Å². The highest BCUT2D eigenvalue weighted by Gasteiger charge is 2.20. The molecule has 0 fully saturated rings. The summed E-state index contributed by atoms with van der Waals surface area (Å²) in [5.74, 6) is -0.184. The molecule has 6 nitrogen and oxygen atoms in total. The molecule has 3 rings (SSSR count). The molecule has 0 unspecified atom stereocenters. The maximum absolute atomic E-state index is 12.2. The Morgan fingerprint density at radius 3 is 2.83 bits per heavy atom. The van der Waals surface area contributed by atoms with Gasteiger partial charge in [-0.2, -0.15) is 5.26 Å². The van der Waals surface area contributed by atoms with Crippen molar-refractivity contribution in [1.29, 1.82) is 10.7 Å². The van der Waals surface area contributed by atoms with E-state index in [9.17, 15) is 4.79 Å². The van der Waals surface area contributed by atoms with E-state index < -0.39 is 0 Å². The Bertz CT molecular complexity index is 837. The third-order valence-electron chi connectivity index (χ3n) is 3.73. The molecule has 1 heterocycles. The van der Waals surface area contributed by atoms with E-state index in [2.05, 4.69) is 11.4 Å². The average Bonchev–Trinajstić information content (AvgIpc) is 2.72. The summed E-state index contributed by atoms with van der Waals surface area (Å²) < 4.78 is 0. The largest absolute Gasteiger partial charge is 0.384 e. The van der Waals surface area contributed by atoms with Crippen LogP contribution in [0.2, 0.25) is 0 Å². The normalized spacial score (nSPS) is 13.5. The van der Waals surface area contributed by atoms with Gasteiger partial charge in [-0.05, 0) is 29.8 Å². The predicted octanol–water partition coefficient (Wildman–Crippen LogP) is 1.80. The van der Waals surface area contributed by atoms with Gasteiger partial charge in [0.05, 0.1) is 18.2 Å². The Kier molecular flexibility index (Phi) is 3.69. The minimum Gasteiger partial charge on any atom is -0.384 e. The number of hydrogen-bond acceptors (Lipinski definition) is 4. The summed E-state index contributed by atoms with van der Waals surface area (Å²) in [5.41, 5.74) is 9.05. The lowest BCUT2D eigenvalue weighted by molar-refractivity contribution is -0.114. The van der Waals surface area contributed by atoms with Gasteiger partial charge in [0.25, 0.3) is 0 Å². The van der Waals surface area contributed by atoms with E-state index in [1.165, 1.54) is 0 Å². The number of hydrogen-bond donors (Lipinski definition) is 3. The van der Waals surface area contributed by atoms with Crippen LogP contribution in [-0.4, -0.2) is 18.3 Å². The lowest BCUT2D eigenvalue weighted by atomic mass is 10.1. The van der Waals surface area contributed by atoms with Crippen molar-refractivity contribution in [3.05, 3.63) is 59.2 Å². The molecule has 2 aromatic rings. The molecular formula is C17H15N5O. The van der Waals surface area contributed by atoms with Gasteiger partial charge in [0, 0.05) is 23.5 Å². The van der Waals surface area contributed by atoms with Crippen LogP contribution in [0.4, 0.5) is 11.4 Å². The second kappa shape index (κ2) is 5.81. The van der Waals surface area contributed by atoms with Crippen LogP contribution >= 0.6 is 0 Å². The number of rotatable bonds is 2. The SMILES string of the molecule is N#Cc1cccc(N2CC(=O)Nc3cc(C(=N)N)ccc3C2)c1. The molecule has 114 valence electrons. The van der Waals surface area contributed by atoms with Gasteiger partial charge < -0.3 is 16.0 Å². The number of fused-ring (bicyclic) bond motifs is 1. The molecule has 1 amide bonds. The van der Waals surface area contributed by atoms with Gasteiger partial charge in [-0.25, -0.2) is 0 Å². The Morgan fingerprint density at radius 2 is 2.09 bits per heavy atom. The van der Waals surface area contributed by atoms with Gasteiger partial charge in [-0.3, -0.25) is 10.2 Å². The van der Waals surface area contributed by atoms with Gasteiger partial charge in [0.1, 0.15) is 5.84 Å². The Hall–Kier alpha value is -3.33. The summed E-state index contributed by atoms with van der Waals surface area (Å²) in [4.78, 5) is 14.1. The number of nitrogen functional groups attached to an aromatic ring is 1. The van der Waals surface area contributed by atoms with Gasteiger partial charge in [0.15, 0.2) is 0 Å². The fraction of sp³-hybridized carbons (Fsp3) is 0.118. The molecule has 1 aliphatic rings. The number of amidine groups is 1. The number of benzene rings is 2. The maximum Gasteiger partial charge on any atom is 0.243 e. The van der Waals surface area contributed by atoms with Crippen LogP contribution < -0.4 is 16.0 Å². The van der Waals surface area contributed by atoms with Gasteiger partial charge >= 0.3 is 0 Å². The summed E-state index contributed by atoms with van der Waals surface area (Å²) in [6.07, 6.45) is 0. The highest BCUT2D eigenvalue weighted by Crippen LogP contribution is 2.26. The lowest BCUT2D eigenvalue weighted by Gasteiger charge is -2.22. The first-order valence-electron chi connectivity index (χ1n) is 7.09. The van der Waals surface area contributed by atoms with E-state index in [0.717, 1.165) is 11.3 Å². The zero-order valence-corrected chi connectivity index (χ0v) is 12.3. The van der Waals surface area contributed by atoms with Crippen LogP contribution in [0.5, 0.6) is 0 Å². The molecule has 0 saturated heterocycles. The minimum atomic E-state index is -0.146. The number of carbonyl (C=O) groups is 1. The highest BCUT2D eigenvalue weighted by molar-refractivity contribution is 6.00. The zero-order chi connectivity index (χ0) is 16.4. The number of nitriles is 1. The van der Waals surface area contributed by atoms with Gasteiger partial charge in [0.2, 0.25) is 5.91 Å². The van der Waals surface area contributed by atoms with Crippen molar-refractivity contribution in [1.82, 2.24) is 0 Å². The molecule has 1 aliphatic heterocycles. The average molecular weight is 305 g/mol. The van der Waals surface area contributed by atoms with Crippen molar-refractivity contribution in [2.24, 2.45) is 5.73 Å². The van der Waals surface area contributed by atoms with E-state index in [1.807, 2.05) is 17.0 Å². The van der Waals surface area contributed by atoms with E-state index in [1.54, 1.807) is 30.3 Å². The number of carbonyl (C=O) groups excluding carboxylic acids is 1. The molecule has 0 radical (unpaired) electrons. The van der Waals surface area contributed by atoms with Crippen molar-refractivity contribution < 1.29 is 4.79 Å². The quantitative estimate of drug-likeness (QED) is 0.581. The summed E-state index contributed by atoms with van der Waals surface area (Å²) >= 11 is 0. The summed E-state index contributed by atoms with van der Waals surface area (Å²) in [5, 5.41) is 19.4. The van der Waals surface area contributed by atoms with Crippen molar-refractivity contribution in [3.8, 4) is 6.07 Å². The maximum atomic E-state index is 12.2. The molecule has 23 heavy (non-hydrogen) atoms. The second-order valence-electron chi connectivity index (χ2n) is 5.35. The van der Waals surface area contributed by atoms with Crippen LogP contribution in [0.3, 0.4) is 0 Å². The first kappa shape index (κ1) is 14.6. The molecule has 2 aromatic carbocycles. The molecular weight excluding hydrogens is 290 g/mol. The molecule has 0 saturated carbocycles. The fourth-order valence-electron chi connectivity index (χ4n) is 2.58. The van der Waals surface area contributed by atoms with Crippen molar-refractivity contribution in [2.45, 2.75) is 6.54 Å². The minimum absolute atomic E-state index is 0.0372. The number of amides is 1. The van der Waals surface area contributed by atoms with Crippen LogP contribution in [0.25, 0.3) is 0 Å². The van der Waals surface area contributed by atoms with Gasteiger partial charge in [-0.1, -0.05) is 18.2 Å². The van der Waals surface area contributed by atoms with E-state index >= 15 is 0 Å². The van der Waals surface area contributed by atoms with Crippen molar-refractivity contribution >= 4 is 23.1 Å². The number of nitrogens with two attached hydrogens (primary N) is 1. The number of nitrogens with zero attached hydrogens (tertiary/aromatic N) is 2. The monoisotopic (exact) mass is 305 g/mol. The molecule has 0 aromatic heterocycles. The predicted molar refractivity (Wildman–Crippen MR) is 88.3 cm³/mol. The van der Waals surface area contributed by atoms with Crippen LogP contribution in [-0.2, 0) is 11.3 Å². The van der Waals surface area contributed by atoms with Crippen molar-refractivity contribution in [2.75, 3.05) is 16.8 Å². The Labute approximate surface area is 133 Å². The topological polar surface area (TPSA) is 106 Å². The van der Waals surface area contributed by atoms with Crippen LogP contribution in [0.1, 0.15) is 16.7 Å². The highest BCUT2D eigenvalue weighted by atomic mass is 16.2. The Balaban J connectivity index is 1.98. The summed E-state index contributed by atoms with van der Waals surface area (Å²) in [6.45, 7) is 0.722.